The number of carbonyl (C=O) groups is 1. The molecule has 0 spiro atoms. The lowest BCUT2D eigenvalue weighted by Crippen LogP contribution is -2.23. The Kier molecular flexibility index (Phi) is 7.33. The molecule has 0 radical (unpaired) electrons. The smallest absolute Gasteiger partial charge is 0.173 e. The highest BCUT2D eigenvalue weighted by Crippen LogP contribution is 2.05. The largest absolute Gasteiger partial charge is 0.371 e. The van der Waals surface area contributed by atoms with E-state index in [2.05, 4.69) is 11.8 Å². The standard InChI is InChI=1S/C11H18O2/c1-4-7-9-10(12)11(8-5-2)13-6-3/h11H,5-6,8-9H2,1-3H3. The molecule has 0 aromatic carbocycles. The van der Waals surface area contributed by atoms with Gasteiger partial charge in [-0.2, -0.15) is 0 Å². The molecule has 0 aliphatic heterocycles. The van der Waals surface area contributed by atoms with Crippen molar-refractivity contribution < 1.29 is 9.53 Å². The molecule has 0 aromatic heterocycles. The summed E-state index contributed by atoms with van der Waals surface area (Å²) >= 11 is 0. The topological polar surface area (TPSA) is 26.3 Å². The normalized spacial score (nSPS) is 11.6. The lowest BCUT2D eigenvalue weighted by molar-refractivity contribution is -0.129. The summed E-state index contributed by atoms with van der Waals surface area (Å²) in [5.41, 5.74) is 0. The molecule has 1 atom stereocenters. The molecule has 13 heavy (non-hydrogen) atoms. The van der Waals surface area contributed by atoms with Crippen LogP contribution in [0.3, 0.4) is 0 Å². The molecule has 0 saturated heterocycles. The van der Waals surface area contributed by atoms with Gasteiger partial charge >= 0.3 is 0 Å². The maximum Gasteiger partial charge on any atom is 0.173 e. The number of carbonyl (C=O) groups excluding carboxylic acids is 1. The fourth-order valence-electron chi connectivity index (χ4n) is 1.09. The molecule has 0 aliphatic carbocycles. The van der Waals surface area contributed by atoms with E-state index in [4.69, 9.17) is 4.74 Å². The van der Waals surface area contributed by atoms with E-state index < -0.39 is 0 Å². The minimum absolute atomic E-state index is 0.109. The van der Waals surface area contributed by atoms with Gasteiger partial charge in [-0.1, -0.05) is 19.3 Å². The maximum atomic E-state index is 11.5. The van der Waals surface area contributed by atoms with Gasteiger partial charge in [0.05, 0.1) is 6.42 Å². The first kappa shape index (κ1) is 12.2. The number of hydrogen-bond acceptors (Lipinski definition) is 2. The van der Waals surface area contributed by atoms with E-state index in [0.717, 1.165) is 12.8 Å². The zero-order valence-corrected chi connectivity index (χ0v) is 8.72. The Hall–Kier alpha value is -0.810. The molecule has 0 heterocycles. The highest BCUT2D eigenvalue weighted by Gasteiger charge is 2.15. The van der Waals surface area contributed by atoms with Crippen molar-refractivity contribution in [2.45, 2.75) is 46.1 Å². The summed E-state index contributed by atoms with van der Waals surface area (Å²) < 4.78 is 5.32. The number of rotatable bonds is 6. The van der Waals surface area contributed by atoms with Gasteiger partial charge in [0.15, 0.2) is 5.78 Å². The number of ether oxygens (including phenoxy) is 1. The quantitative estimate of drug-likeness (QED) is 0.588. The van der Waals surface area contributed by atoms with Crippen molar-refractivity contribution in [2.24, 2.45) is 0 Å². The van der Waals surface area contributed by atoms with Crippen LogP contribution in [0.15, 0.2) is 0 Å². The van der Waals surface area contributed by atoms with E-state index in [9.17, 15) is 4.79 Å². The summed E-state index contributed by atoms with van der Waals surface area (Å²) in [5.74, 6) is 5.59. The molecule has 1 unspecified atom stereocenters. The molecule has 0 amide bonds. The Morgan fingerprint density at radius 2 is 2.15 bits per heavy atom. The first-order valence-corrected chi connectivity index (χ1v) is 4.80. The molecule has 2 nitrogen and oxygen atoms in total. The molecule has 0 saturated carbocycles. The lowest BCUT2D eigenvalue weighted by atomic mass is 10.1. The number of hydrogen-bond donors (Lipinski definition) is 0. The minimum Gasteiger partial charge on any atom is -0.371 e. The third-order valence-electron chi connectivity index (χ3n) is 1.72. The summed E-state index contributed by atoms with van der Waals surface area (Å²) in [6, 6.07) is 0. The van der Waals surface area contributed by atoms with Crippen molar-refractivity contribution in [3.8, 4) is 11.8 Å². The van der Waals surface area contributed by atoms with Gasteiger partial charge in [0.1, 0.15) is 6.10 Å². The minimum atomic E-state index is -0.240. The van der Waals surface area contributed by atoms with Crippen LogP contribution in [0.25, 0.3) is 0 Å². The van der Waals surface area contributed by atoms with Gasteiger partial charge in [0, 0.05) is 6.61 Å². The van der Waals surface area contributed by atoms with Gasteiger partial charge in [-0.15, -0.1) is 5.92 Å². The maximum absolute atomic E-state index is 11.5. The highest BCUT2D eigenvalue weighted by atomic mass is 16.5. The van der Waals surface area contributed by atoms with E-state index in [1.54, 1.807) is 6.92 Å². The Morgan fingerprint density at radius 3 is 2.62 bits per heavy atom. The SMILES string of the molecule is CC#CCC(=O)C(CCC)OCC. The van der Waals surface area contributed by atoms with Gasteiger partial charge in [-0.05, 0) is 20.3 Å². The van der Waals surface area contributed by atoms with E-state index >= 15 is 0 Å². The molecule has 0 N–H and O–H groups in total. The Bertz CT molecular complexity index is 192. The molecule has 0 aliphatic rings. The summed E-state index contributed by atoms with van der Waals surface area (Å²) in [7, 11) is 0. The molecule has 0 rings (SSSR count). The first-order chi connectivity index (χ1) is 6.26. The second-order valence-corrected chi connectivity index (χ2v) is 2.80. The summed E-state index contributed by atoms with van der Waals surface area (Å²) in [5, 5.41) is 0. The summed E-state index contributed by atoms with van der Waals surface area (Å²) in [4.78, 5) is 11.5. The Labute approximate surface area is 80.7 Å². The van der Waals surface area contributed by atoms with Crippen molar-refractivity contribution in [1.29, 1.82) is 0 Å². The van der Waals surface area contributed by atoms with Crippen LogP contribution < -0.4 is 0 Å². The lowest BCUT2D eigenvalue weighted by Gasteiger charge is -2.12. The second-order valence-electron chi connectivity index (χ2n) is 2.80. The van der Waals surface area contributed by atoms with Gasteiger partial charge < -0.3 is 4.74 Å². The third-order valence-corrected chi connectivity index (χ3v) is 1.72. The van der Waals surface area contributed by atoms with E-state index in [0.29, 0.717) is 13.0 Å². The van der Waals surface area contributed by atoms with Gasteiger partial charge in [-0.3, -0.25) is 4.79 Å². The van der Waals surface area contributed by atoms with Gasteiger partial charge in [0.2, 0.25) is 0 Å². The molecule has 0 fully saturated rings. The van der Waals surface area contributed by atoms with Crippen LogP contribution in [0.4, 0.5) is 0 Å². The third kappa shape index (κ3) is 5.43. The van der Waals surface area contributed by atoms with Gasteiger partial charge in [0.25, 0.3) is 0 Å². The van der Waals surface area contributed by atoms with Crippen LogP contribution in [0.5, 0.6) is 0 Å². The predicted molar refractivity (Wildman–Crippen MR) is 53.4 cm³/mol. The van der Waals surface area contributed by atoms with Gasteiger partial charge in [-0.25, -0.2) is 0 Å². The van der Waals surface area contributed by atoms with Crippen LogP contribution in [0.2, 0.25) is 0 Å². The van der Waals surface area contributed by atoms with Crippen LogP contribution in [-0.2, 0) is 9.53 Å². The van der Waals surface area contributed by atoms with Crippen LogP contribution in [0, 0.1) is 11.8 Å². The molecular weight excluding hydrogens is 164 g/mol. The highest BCUT2D eigenvalue weighted by molar-refractivity contribution is 5.85. The molecule has 0 aromatic rings. The van der Waals surface area contributed by atoms with E-state index in [1.807, 2.05) is 13.8 Å². The van der Waals surface area contributed by atoms with E-state index in [-0.39, 0.29) is 11.9 Å². The molecule has 74 valence electrons. The van der Waals surface area contributed by atoms with Crippen molar-refractivity contribution in [2.75, 3.05) is 6.61 Å². The van der Waals surface area contributed by atoms with Crippen molar-refractivity contribution in [3.05, 3.63) is 0 Å². The first-order valence-electron chi connectivity index (χ1n) is 4.80. The van der Waals surface area contributed by atoms with Crippen molar-refractivity contribution in [1.82, 2.24) is 0 Å². The van der Waals surface area contributed by atoms with Crippen molar-refractivity contribution in [3.63, 3.8) is 0 Å². The van der Waals surface area contributed by atoms with E-state index in [1.165, 1.54) is 0 Å². The Balaban J connectivity index is 3.99. The monoisotopic (exact) mass is 182 g/mol. The zero-order valence-electron chi connectivity index (χ0n) is 8.72. The number of Topliss-reactive ketones (excluding diaryl/α,β-unsaturated/α-hetero) is 1. The molecule has 2 heteroatoms. The average molecular weight is 182 g/mol. The Morgan fingerprint density at radius 1 is 1.46 bits per heavy atom. The van der Waals surface area contributed by atoms with Crippen LogP contribution in [-0.4, -0.2) is 18.5 Å². The number of ketones is 1. The summed E-state index contributed by atoms with van der Waals surface area (Å²) in [6.45, 7) is 6.28. The van der Waals surface area contributed by atoms with Crippen molar-refractivity contribution >= 4 is 5.78 Å². The summed E-state index contributed by atoms with van der Waals surface area (Å²) in [6.07, 6.45) is 1.85. The average Bonchev–Trinajstić information content (AvgIpc) is 2.14. The zero-order chi connectivity index (χ0) is 10.1. The predicted octanol–water partition coefficient (Wildman–Crippen LogP) is 2.17. The fourth-order valence-corrected chi connectivity index (χ4v) is 1.09. The second kappa shape index (κ2) is 7.82. The molecular formula is C11H18O2. The van der Waals surface area contributed by atoms with Crippen LogP contribution in [0.1, 0.15) is 40.0 Å². The molecule has 0 bridgehead atoms. The van der Waals surface area contributed by atoms with Crippen LogP contribution >= 0.6 is 0 Å². The fraction of sp³-hybridized carbons (Fsp3) is 0.727.